The molecule has 152 valence electrons. The molecule has 0 aliphatic heterocycles. The van der Waals surface area contributed by atoms with E-state index in [1.165, 1.54) is 31.5 Å². The number of nitrogens with one attached hydrogen (secondary N) is 2. The Kier molecular flexibility index (Phi) is 6.23. The molecule has 3 aromatic carbocycles. The standard InChI is InChI=1S/C21H18N4O5/c1-30-17-9-7-16(8-10-17)23-21(27)14-6-11-18(19(12-14)25(28)29)24-22-13-15-4-2-3-5-20(15)26/h2-13,24,26H,1H3,(H,23,27)/b22-13+. The van der Waals surface area contributed by atoms with E-state index in [0.29, 0.717) is 17.0 Å². The van der Waals surface area contributed by atoms with Crippen molar-refractivity contribution >= 4 is 29.2 Å². The molecule has 0 heterocycles. The molecular formula is C21H18N4O5. The van der Waals surface area contributed by atoms with E-state index in [-0.39, 0.29) is 22.7 Å². The van der Waals surface area contributed by atoms with E-state index < -0.39 is 10.8 Å². The average Bonchev–Trinajstić information content (AvgIpc) is 2.75. The van der Waals surface area contributed by atoms with Crippen LogP contribution >= 0.6 is 0 Å². The Balaban J connectivity index is 1.76. The van der Waals surface area contributed by atoms with Gasteiger partial charge in [-0.15, -0.1) is 0 Å². The van der Waals surface area contributed by atoms with Gasteiger partial charge in [-0.2, -0.15) is 5.10 Å². The summed E-state index contributed by atoms with van der Waals surface area (Å²) in [6.07, 6.45) is 1.34. The molecule has 0 radical (unpaired) electrons. The third-order valence-corrected chi connectivity index (χ3v) is 4.13. The quantitative estimate of drug-likeness (QED) is 0.309. The van der Waals surface area contributed by atoms with Crippen molar-refractivity contribution in [1.82, 2.24) is 0 Å². The van der Waals surface area contributed by atoms with E-state index in [1.807, 2.05) is 0 Å². The van der Waals surface area contributed by atoms with Crippen molar-refractivity contribution in [2.45, 2.75) is 0 Å². The van der Waals surface area contributed by atoms with Crippen LogP contribution in [0.2, 0.25) is 0 Å². The lowest BCUT2D eigenvalue weighted by molar-refractivity contribution is -0.384. The average molecular weight is 406 g/mol. The first kappa shape index (κ1) is 20.3. The number of nitro groups is 1. The summed E-state index contributed by atoms with van der Waals surface area (Å²) in [6, 6.07) is 17.2. The predicted molar refractivity (Wildman–Crippen MR) is 113 cm³/mol. The largest absolute Gasteiger partial charge is 0.507 e. The van der Waals surface area contributed by atoms with E-state index >= 15 is 0 Å². The van der Waals surface area contributed by atoms with Crippen LogP contribution in [-0.4, -0.2) is 29.3 Å². The van der Waals surface area contributed by atoms with Crippen LogP contribution in [0.3, 0.4) is 0 Å². The van der Waals surface area contributed by atoms with Crippen molar-refractivity contribution in [2.75, 3.05) is 17.9 Å². The Morgan fingerprint density at radius 3 is 2.53 bits per heavy atom. The summed E-state index contributed by atoms with van der Waals surface area (Å²) < 4.78 is 5.06. The van der Waals surface area contributed by atoms with Crippen LogP contribution in [0.1, 0.15) is 15.9 Å². The van der Waals surface area contributed by atoms with Gasteiger partial charge in [0, 0.05) is 22.9 Å². The normalized spacial score (nSPS) is 10.6. The van der Waals surface area contributed by atoms with Crippen molar-refractivity contribution < 1.29 is 19.6 Å². The lowest BCUT2D eigenvalue weighted by atomic mass is 10.1. The second-order valence-corrected chi connectivity index (χ2v) is 6.10. The number of amides is 1. The number of methoxy groups -OCH3 is 1. The van der Waals surface area contributed by atoms with Gasteiger partial charge in [0.15, 0.2) is 0 Å². The summed E-state index contributed by atoms with van der Waals surface area (Å²) in [6.45, 7) is 0. The van der Waals surface area contributed by atoms with Crippen LogP contribution < -0.4 is 15.5 Å². The summed E-state index contributed by atoms with van der Waals surface area (Å²) in [5, 5.41) is 27.8. The number of phenolic OH excluding ortho intramolecular Hbond substituents is 1. The third kappa shape index (κ3) is 4.90. The molecule has 0 spiro atoms. The fourth-order valence-corrected chi connectivity index (χ4v) is 2.56. The van der Waals surface area contributed by atoms with Crippen molar-refractivity contribution in [2.24, 2.45) is 5.10 Å². The van der Waals surface area contributed by atoms with Crippen molar-refractivity contribution in [1.29, 1.82) is 0 Å². The Morgan fingerprint density at radius 1 is 1.13 bits per heavy atom. The van der Waals surface area contributed by atoms with E-state index in [0.717, 1.165) is 6.07 Å². The number of carbonyl (C=O) groups excluding carboxylic acids is 1. The minimum absolute atomic E-state index is 0.0306. The first-order chi connectivity index (χ1) is 14.5. The lowest BCUT2D eigenvalue weighted by Crippen LogP contribution is -2.12. The summed E-state index contributed by atoms with van der Waals surface area (Å²) in [5.74, 6) is 0.180. The predicted octanol–water partition coefficient (Wildman–Crippen LogP) is 4.01. The molecule has 0 saturated heterocycles. The SMILES string of the molecule is COc1ccc(NC(=O)c2ccc(N/N=C/c3ccccc3O)c([N+](=O)[O-])c2)cc1. The highest BCUT2D eigenvalue weighted by molar-refractivity contribution is 6.05. The van der Waals surface area contributed by atoms with Crippen LogP contribution in [0.5, 0.6) is 11.5 Å². The highest BCUT2D eigenvalue weighted by Gasteiger charge is 2.17. The molecule has 0 bridgehead atoms. The molecule has 0 unspecified atom stereocenters. The molecule has 3 aromatic rings. The zero-order valence-corrected chi connectivity index (χ0v) is 15.9. The number of aromatic hydroxyl groups is 1. The lowest BCUT2D eigenvalue weighted by Gasteiger charge is -2.08. The van der Waals surface area contributed by atoms with Crippen LogP contribution in [0.25, 0.3) is 0 Å². The zero-order valence-electron chi connectivity index (χ0n) is 15.9. The molecule has 9 nitrogen and oxygen atoms in total. The number of para-hydroxylation sites is 1. The fourth-order valence-electron chi connectivity index (χ4n) is 2.56. The maximum atomic E-state index is 12.4. The molecule has 1 amide bonds. The minimum Gasteiger partial charge on any atom is -0.507 e. The number of rotatable bonds is 7. The summed E-state index contributed by atoms with van der Waals surface area (Å²) in [5.41, 5.74) is 3.45. The van der Waals surface area contributed by atoms with Crippen LogP contribution in [0, 0.1) is 10.1 Å². The molecule has 0 saturated carbocycles. The van der Waals surface area contributed by atoms with Gasteiger partial charge >= 0.3 is 0 Å². The number of hydrazone groups is 1. The number of anilines is 2. The highest BCUT2D eigenvalue weighted by atomic mass is 16.6. The van der Waals surface area contributed by atoms with Gasteiger partial charge in [0.1, 0.15) is 17.2 Å². The van der Waals surface area contributed by atoms with Crippen molar-refractivity contribution in [3.8, 4) is 11.5 Å². The van der Waals surface area contributed by atoms with Crippen LogP contribution in [0.4, 0.5) is 17.1 Å². The van der Waals surface area contributed by atoms with Crippen molar-refractivity contribution in [3.05, 3.63) is 88.0 Å². The second-order valence-electron chi connectivity index (χ2n) is 6.10. The van der Waals surface area contributed by atoms with E-state index in [9.17, 15) is 20.0 Å². The van der Waals surface area contributed by atoms with Crippen LogP contribution in [0.15, 0.2) is 71.8 Å². The molecule has 0 aliphatic rings. The Bertz CT molecular complexity index is 1100. The number of nitrogens with zero attached hydrogens (tertiary/aromatic N) is 2. The monoisotopic (exact) mass is 406 g/mol. The molecule has 3 rings (SSSR count). The van der Waals surface area contributed by atoms with Gasteiger partial charge in [0.05, 0.1) is 18.2 Å². The number of hydrogen-bond acceptors (Lipinski definition) is 7. The zero-order chi connectivity index (χ0) is 21.5. The topological polar surface area (TPSA) is 126 Å². The molecular weight excluding hydrogens is 388 g/mol. The number of carbonyl (C=O) groups is 1. The molecule has 0 aliphatic carbocycles. The van der Waals surface area contributed by atoms with E-state index in [4.69, 9.17) is 4.74 Å². The van der Waals surface area contributed by atoms with Crippen molar-refractivity contribution in [3.63, 3.8) is 0 Å². The third-order valence-electron chi connectivity index (χ3n) is 4.13. The van der Waals surface area contributed by atoms with Gasteiger partial charge in [-0.25, -0.2) is 0 Å². The van der Waals surface area contributed by atoms with Crippen LogP contribution in [-0.2, 0) is 0 Å². The second kappa shape index (κ2) is 9.20. The molecule has 0 fully saturated rings. The first-order valence-electron chi connectivity index (χ1n) is 8.79. The van der Waals surface area contributed by atoms with E-state index in [1.54, 1.807) is 42.5 Å². The fraction of sp³-hybridized carbons (Fsp3) is 0.0476. The van der Waals surface area contributed by atoms with E-state index in [2.05, 4.69) is 15.8 Å². The molecule has 3 N–H and O–H groups in total. The summed E-state index contributed by atoms with van der Waals surface area (Å²) in [4.78, 5) is 23.3. The Hall–Kier alpha value is -4.40. The number of benzene rings is 3. The Morgan fingerprint density at radius 2 is 1.87 bits per heavy atom. The molecule has 0 aromatic heterocycles. The van der Waals surface area contributed by atoms with Gasteiger partial charge in [-0.05, 0) is 48.5 Å². The number of ether oxygens (including phenoxy) is 1. The molecule has 0 atom stereocenters. The van der Waals surface area contributed by atoms with Gasteiger partial charge < -0.3 is 15.2 Å². The van der Waals surface area contributed by atoms with Gasteiger partial charge in [-0.1, -0.05) is 12.1 Å². The maximum Gasteiger partial charge on any atom is 0.294 e. The first-order valence-corrected chi connectivity index (χ1v) is 8.79. The Labute approximate surface area is 171 Å². The molecule has 30 heavy (non-hydrogen) atoms. The number of phenols is 1. The minimum atomic E-state index is -0.609. The smallest absolute Gasteiger partial charge is 0.294 e. The number of hydrogen-bond donors (Lipinski definition) is 3. The summed E-state index contributed by atoms with van der Waals surface area (Å²) >= 11 is 0. The maximum absolute atomic E-state index is 12.4. The van der Waals surface area contributed by atoms with Gasteiger partial charge in [0.25, 0.3) is 11.6 Å². The summed E-state index contributed by atoms with van der Waals surface area (Å²) in [7, 11) is 1.54. The highest BCUT2D eigenvalue weighted by Crippen LogP contribution is 2.26. The van der Waals surface area contributed by atoms with Gasteiger partial charge in [-0.3, -0.25) is 20.3 Å². The molecule has 9 heteroatoms. The number of nitro benzene ring substituents is 1. The van der Waals surface area contributed by atoms with Gasteiger partial charge in [0.2, 0.25) is 0 Å².